The first-order valence-electron chi connectivity index (χ1n) is 9.75. The Morgan fingerprint density at radius 1 is 1.07 bits per heavy atom. The molecule has 1 saturated heterocycles. The van der Waals surface area contributed by atoms with E-state index in [4.69, 9.17) is 16.3 Å². The number of nitrogens with zero attached hydrogens (tertiary/aromatic N) is 5. The SMILES string of the molecule is Cc1nc(N2CCN(C)CC2)nc2ccc(NC(=O)COc3ccc(Cl)cc3)nc12. The molecule has 1 amide bonds. The predicted molar refractivity (Wildman–Crippen MR) is 117 cm³/mol. The van der Waals surface area contributed by atoms with Crippen molar-refractivity contribution < 1.29 is 9.53 Å². The van der Waals surface area contributed by atoms with Gasteiger partial charge in [0.1, 0.15) is 17.1 Å². The number of hydrogen-bond donors (Lipinski definition) is 1. The third-order valence-electron chi connectivity index (χ3n) is 4.94. The second kappa shape index (κ2) is 8.81. The van der Waals surface area contributed by atoms with Gasteiger partial charge in [-0.05, 0) is 50.4 Å². The van der Waals surface area contributed by atoms with Crippen molar-refractivity contribution in [3.63, 3.8) is 0 Å². The number of carbonyl (C=O) groups excluding carboxylic acids is 1. The molecule has 0 unspecified atom stereocenters. The molecule has 4 rings (SSSR count). The van der Waals surface area contributed by atoms with E-state index in [0.29, 0.717) is 22.1 Å². The second-order valence-corrected chi connectivity index (χ2v) is 7.69. The summed E-state index contributed by atoms with van der Waals surface area (Å²) >= 11 is 5.84. The maximum Gasteiger partial charge on any atom is 0.263 e. The van der Waals surface area contributed by atoms with Gasteiger partial charge in [-0.1, -0.05) is 11.6 Å². The van der Waals surface area contributed by atoms with Gasteiger partial charge in [-0.25, -0.2) is 15.0 Å². The Kier molecular flexibility index (Phi) is 5.96. The lowest BCUT2D eigenvalue weighted by molar-refractivity contribution is -0.118. The Morgan fingerprint density at radius 3 is 2.53 bits per heavy atom. The fraction of sp³-hybridized carbons (Fsp3) is 0.333. The number of piperazine rings is 1. The van der Waals surface area contributed by atoms with E-state index >= 15 is 0 Å². The first-order chi connectivity index (χ1) is 14.5. The first kappa shape index (κ1) is 20.3. The molecule has 30 heavy (non-hydrogen) atoms. The van der Waals surface area contributed by atoms with E-state index in [0.717, 1.165) is 43.3 Å². The van der Waals surface area contributed by atoms with E-state index in [9.17, 15) is 4.79 Å². The van der Waals surface area contributed by atoms with E-state index < -0.39 is 0 Å². The minimum atomic E-state index is -0.301. The van der Waals surface area contributed by atoms with Gasteiger partial charge in [-0.2, -0.15) is 0 Å². The fourth-order valence-corrected chi connectivity index (χ4v) is 3.35. The molecular weight excluding hydrogens is 404 g/mol. The van der Waals surface area contributed by atoms with Gasteiger partial charge in [0.2, 0.25) is 5.95 Å². The molecule has 0 radical (unpaired) electrons. The normalized spacial score (nSPS) is 14.7. The highest BCUT2D eigenvalue weighted by molar-refractivity contribution is 6.30. The molecular formula is C21H23ClN6O2. The Labute approximate surface area is 179 Å². The number of likely N-dealkylation sites (N-methyl/N-ethyl adjacent to an activating group) is 1. The maximum atomic E-state index is 12.2. The molecule has 1 aliphatic rings. The van der Waals surface area contributed by atoms with Crippen molar-refractivity contribution in [1.29, 1.82) is 0 Å². The third-order valence-corrected chi connectivity index (χ3v) is 5.19. The Bertz CT molecular complexity index is 1050. The number of benzene rings is 1. The van der Waals surface area contributed by atoms with E-state index in [1.807, 2.05) is 13.0 Å². The smallest absolute Gasteiger partial charge is 0.263 e. The van der Waals surface area contributed by atoms with Crippen LogP contribution in [-0.4, -0.2) is 65.6 Å². The quantitative estimate of drug-likeness (QED) is 0.671. The van der Waals surface area contributed by atoms with Crippen LogP contribution in [0.2, 0.25) is 5.02 Å². The molecule has 1 aliphatic heterocycles. The van der Waals surface area contributed by atoms with Crippen molar-refractivity contribution in [3.8, 4) is 5.75 Å². The second-order valence-electron chi connectivity index (χ2n) is 7.25. The lowest BCUT2D eigenvalue weighted by Crippen LogP contribution is -2.45. The third kappa shape index (κ3) is 4.77. The van der Waals surface area contributed by atoms with Crippen LogP contribution in [0.25, 0.3) is 11.0 Å². The number of rotatable bonds is 5. The van der Waals surface area contributed by atoms with Gasteiger partial charge >= 0.3 is 0 Å². The van der Waals surface area contributed by atoms with Gasteiger partial charge in [0.05, 0.1) is 11.2 Å². The van der Waals surface area contributed by atoms with Gasteiger partial charge in [-0.15, -0.1) is 0 Å². The number of amides is 1. The monoisotopic (exact) mass is 426 g/mol. The number of aromatic nitrogens is 3. The molecule has 1 aromatic carbocycles. The largest absolute Gasteiger partial charge is 0.484 e. The summed E-state index contributed by atoms with van der Waals surface area (Å²) in [5, 5.41) is 3.36. The summed E-state index contributed by atoms with van der Waals surface area (Å²) in [6, 6.07) is 10.4. The van der Waals surface area contributed by atoms with Gasteiger partial charge in [-0.3, -0.25) is 4.79 Å². The lowest BCUT2D eigenvalue weighted by atomic mass is 10.3. The summed E-state index contributed by atoms with van der Waals surface area (Å²) in [6.07, 6.45) is 0. The Hall–Kier alpha value is -2.97. The summed E-state index contributed by atoms with van der Waals surface area (Å²) in [7, 11) is 2.12. The number of carbonyl (C=O) groups is 1. The zero-order valence-electron chi connectivity index (χ0n) is 16.9. The Balaban J connectivity index is 1.43. The minimum Gasteiger partial charge on any atom is -0.484 e. The molecule has 156 valence electrons. The number of anilines is 2. The van der Waals surface area contributed by atoms with E-state index in [2.05, 4.69) is 37.1 Å². The van der Waals surface area contributed by atoms with E-state index in [-0.39, 0.29) is 12.5 Å². The van der Waals surface area contributed by atoms with Crippen LogP contribution in [0.15, 0.2) is 36.4 Å². The number of aryl methyl sites for hydroxylation is 1. The molecule has 8 nitrogen and oxygen atoms in total. The molecule has 3 aromatic rings. The van der Waals surface area contributed by atoms with E-state index in [1.54, 1.807) is 30.3 Å². The number of halogens is 1. The van der Waals surface area contributed by atoms with Crippen LogP contribution in [-0.2, 0) is 4.79 Å². The highest BCUT2D eigenvalue weighted by Gasteiger charge is 2.18. The summed E-state index contributed by atoms with van der Waals surface area (Å²) in [4.78, 5) is 30.5. The molecule has 0 atom stereocenters. The van der Waals surface area contributed by atoms with Crippen LogP contribution >= 0.6 is 11.6 Å². The molecule has 2 aromatic heterocycles. The van der Waals surface area contributed by atoms with Crippen molar-refractivity contribution >= 4 is 40.3 Å². The van der Waals surface area contributed by atoms with Crippen LogP contribution in [0.4, 0.5) is 11.8 Å². The van der Waals surface area contributed by atoms with Crippen molar-refractivity contribution in [2.45, 2.75) is 6.92 Å². The van der Waals surface area contributed by atoms with Crippen LogP contribution in [0.3, 0.4) is 0 Å². The number of nitrogens with one attached hydrogen (secondary N) is 1. The summed E-state index contributed by atoms with van der Waals surface area (Å²) in [5.74, 6) is 1.43. The number of hydrogen-bond acceptors (Lipinski definition) is 7. The highest BCUT2D eigenvalue weighted by atomic mass is 35.5. The predicted octanol–water partition coefficient (Wildman–Crippen LogP) is 2.76. The van der Waals surface area contributed by atoms with Crippen molar-refractivity contribution in [2.75, 3.05) is 50.1 Å². The molecule has 0 spiro atoms. The van der Waals surface area contributed by atoms with Crippen LogP contribution in [0.5, 0.6) is 5.75 Å². The molecule has 3 heterocycles. The maximum absolute atomic E-state index is 12.2. The first-order valence-corrected chi connectivity index (χ1v) is 10.1. The average molecular weight is 427 g/mol. The lowest BCUT2D eigenvalue weighted by Gasteiger charge is -2.32. The van der Waals surface area contributed by atoms with Crippen LogP contribution < -0.4 is 15.0 Å². The number of ether oxygens (including phenoxy) is 1. The Morgan fingerprint density at radius 2 is 1.80 bits per heavy atom. The number of fused-ring (bicyclic) bond motifs is 1. The van der Waals surface area contributed by atoms with Gasteiger partial charge in [0, 0.05) is 31.2 Å². The number of pyridine rings is 1. The standard InChI is InChI=1S/C21H23ClN6O2/c1-14-20-17(24-21(23-14)28-11-9-27(2)10-12-28)7-8-18(26-20)25-19(29)13-30-16-5-3-15(22)4-6-16/h3-8H,9-13H2,1-2H3,(H,25,26,29). The fourth-order valence-electron chi connectivity index (χ4n) is 3.22. The molecule has 9 heteroatoms. The molecule has 1 N–H and O–H groups in total. The topological polar surface area (TPSA) is 83.5 Å². The van der Waals surface area contributed by atoms with Gasteiger partial charge < -0.3 is 19.9 Å². The molecule has 0 saturated carbocycles. The van der Waals surface area contributed by atoms with Gasteiger partial charge in [0.15, 0.2) is 6.61 Å². The van der Waals surface area contributed by atoms with Crippen LogP contribution in [0, 0.1) is 6.92 Å². The molecule has 0 bridgehead atoms. The van der Waals surface area contributed by atoms with Crippen molar-refractivity contribution in [3.05, 3.63) is 47.1 Å². The summed E-state index contributed by atoms with van der Waals surface area (Å²) < 4.78 is 5.46. The van der Waals surface area contributed by atoms with Crippen LogP contribution in [0.1, 0.15) is 5.69 Å². The zero-order chi connectivity index (χ0) is 21.1. The zero-order valence-corrected chi connectivity index (χ0v) is 17.7. The summed E-state index contributed by atoms with van der Waals surface area (Å²) in [5.41, 5.74) is 2.21. The van der Waals surface area contributed by atoms with Crippen molar-refractivity contribution in [1.82, 2.24) is 19.9 Å². The molecule has 0 aliphatic carbocycles. The van der Waals surface area contributed by atoms with E-state index in [1.165, 1.54) is 0 Å². The molecule has 1 fully saturated rings. The minimum absolute atomic E-state index is 0.126. The van der Waals surface area contributed by atoms with Crippen molar-refractivity contribution in [2.24, 2.45) is 0 Å². The summed E-state index contributed by atoms with van der Waals surface area (Å²) in [6.45, 7) is 5.56. The van der Waals surface area contributed by atoms with Gasteiger partial charge in [0.25, 0.3) is 5.91 Å². The highest BCUT2D eigenvalue weighted by Crippen LogP contribution is 2.21. The average Bonchev–Trinajstić information content (AvgIpc) is 2.74.